The lowest BCUT2D eigenvalue weighted by Crippen LogP contribution is -2.27. The summed E-state index contributed by atoms with van der Waals surface area (Å²) in [5.41, 5.74) is 0. The first-order chi connectivity index (χ1) is 6.18. The third kappa shape index (κ3) is 7.53. The van der Waals surface area contributed by atoms with Crippen LogP contribution in [0.1, 0.15) is 19.3 Å². The van der Waals surface area contributed by atoms with Crippen molar-refractivity contribution in [2.24, 2.45) is 0 Å². The number of carbonyl (C=O) groups is 1. The van der Waals surface area contributed by atoms with E-state index in [1.165, 1.54) is 0 Å². The molecular weight excluding hydrogens is 164 g/mol. The van der Waals surface area contributed by atoms with E-state index in [1.54, 1.807) is 19.0 Å². The van der Waals surface area contributed by atoms with Gasteiger partial charge in [0.2, 0.25) is 5.91 Å². The van der Waals surface area contributed by atoms with Crippen molar-refractivity contribution in [3.8, 4) is 0 Å². The van der Waals surface area contributed by atoms with Crippen LogP contribution in [0.3, 0.4) is 0 Å². The van der Waals surface area contributed by atoms with Crippen LogP contribution in [-0.2, 0) is 4.79 Å². The Balaban J connectivity index is 3.16. The number of carbonyl (C=O) groups excluding carboxylic acids is 1. The van der Waals surface area contributed by atoms with E-state index >= 15 is 0 Å². The fraction of sp³-hybridized carbons (Fsp3) is 0.700. The van der Waals surface area contributed by atoms with E-state index in [1.807, 2.05) is 6.08 Å². The highest BCUT2D eigenvalue weighted by molar-refractivity contribution is 5.75. The number of nitrogens with one attached hydrogen (secondary N) is 1. The summed E-state index contributed by atoms with van der Waals surface area (Å²) in [5, 5.41) is 3.21. The number of hydrogen-bond acceptors (Lipinski definition) is 2. The van der Waals surface area contributed by atoms with Gasteiger partial charge in [-0.2, -0.15) is 0 Å². The zero-order valence-corrected chi connectivity index (χ0v) is 8.68. The van der Waals surface area contributed by atoms with Crippen LogP contribution in [0.2, 0.25) is 0 Å². The molecule has 0 rings (SSSR count). The average molecular weight is 184 g/mol. The number of rotatable bonds is 7. The predicted octanol–water partition coefficient (Wildman–Crippen LogP) is 1.02. The second kappa shape index (κ2) is 7.80. The molecule has 0 saturated carbocycles. The van der Waals surface area contributed by atoms with Gasteiger partial charge >= 0.3 is 0 Å². The third-order valence-electron chi connectivity index (χ3n) is 1.78. The van der Waals surface area contributed by atoms with Crippen molar-refractivity contribution in [2.45, 2.75) is 19.3 Å². The number of unbranched alkanes of at least 4 members (excludes halogenated alkanes) is 1. The molecule has 0 radical (unpaired) electrons. The summed E-state index contributed by atoms with van der Waals surface area (Å²) in [6.07, 6.45) is 4.63. The van der Waals surface area contributed by atoms with Crippen LogP contribution in [0.4, 0.5) is 0 Å². The normalized spacial score (nSPS) is 9.69. The standard InChI is InChI=1S/C10H20N2O/c1-4-5-6-8-11-9-7-10(13)12(2)3/h4,11H,1,5-9H2,2-3H3. The minimum absolute atomic E-state index is 0.177. The van der Waals surface area contributed by atoms with Crippen molar-refractivity contribution in [2.75, 3.05) is 27.2 Å². The van der Waals surface area contributed by atoms with Gasteiger partial charge in [0, 0.05) is 27.1 Å². The molecule has 0 atom stereocenters. The molecule has 0 aliphatic rings. The van der Waals surface area contributed by atoms with E-state index < -0.39 is 0 Å². The van der Waals surface area contributed by atoms with Crippen molar-refractivity contribution < 1.29 is 4.79 Å². The summed E-state index contributed by atoms with van der Waals surface area (Å²) in [5.74, 6) is 0.177. The molecule has 0 aromatic carbocycles. The zero-order valence-electron chi connectivity index (χ0n) is 8.68. The average Bonchev–Trinajstić information content (AvgIpc) is 2.10. The Hall–Kier alpha value is -0.830. The van der Waals surface area contributed by atoms with Crippen molar-refractivity contribution >= 4 is 5.91 Å². The highest BCUT2D eigenvalue weighted by Crippen LogP contribution is 1.88. The van der Waals surface area contributed by atoms with Crippen LogP contribution in [0.25, 0.3) is 0 Å². The van der Waals surface area contributed by atoms with Gasteiger partial charge < -0.3 is 10.2 Å². The fourth-order valence-electron chi connectivity index (χ4n) is 0.915. The number of hydrogen-bond donors (Lipinski definition) is 1. The van der Waals surface area contributed by atoms with Gasteiger partial charge in [-0.25, -0.2) is 0 Å². The lowest BCUT2D eigenvalue weighted by Gasteiger charge is -2.10. The highest BCUT2D eigenvalue weighted by Gasteiger charge is 2.01. The van der Waals surface area contributed by atoms with Crippen molar-refractivity contribution in [3.05, 3.63) is 12.7 Å². The molecule has 0 aromatic heterocycles. The lowest BCUT2D eigenvalue weighted by atomic mass is 10.3. The fourth-order valence-corrected chi connectivity index (χ4v) is 0.915. The van der Waals surface area contributed by atoms with Gasteiger partial charge in [0.1, 0.15) is 0 Å². The summed E-state index contributed by atoms with van der Waals surface area (Å²) in [7, 11) is 3.56. The molecule has 0 aromatic rings. The van der Waals surface area contributed by atoms with Crippen LogP contribution in [-0.4, -0.2) is 38.0 Å². The molecule has 1 amide bonds. The Labute approximate surface area is 80.8 Å². The Kier molecular flexibility index (Phi) is 7.30. The zero-order chi connectivity index (χ0) is 10.1. The predicted molar refractivity (Wildman–Crippen MR) is 55.6 cm³/mol. The molecule has 0 heterocycles. The van der Waals surface area contributed by atoms with E-state index in [2.05, 4.69) is 11.9 Å². The van der Waals surface area contributed by atoms with Gasteiger partial charge in [-0.15, -0.1) is 6.58 Å². The Morgan fingerprint density at radius 3 is 2.69 bits per heavy atom. The molecule has 1 N–H and O–H groups in total. The quantitative estimate of drug-likeness (QED) is 0.473. The number of allylic oxidation sites excluding steroid dienone is 1. The van der Waals surface area contributed by atoms with E-state index in [4.69, 9.17) is 0 Å². The van der Waals surface area contributed by atoms with Gasteiger partial charge in [-0.1, -0.05) is 6.08 Å². The van der Waals surface area contributed by atoms with Crippen molar-refractivity contribution in [1.29, 1.82) is 0 Å². The Morgan fingerprint density at radius 2 is 2.15 bits per heavy atom. The molecular formula is C10H20N2O. The van der Waals surface area contributed by atoms with E-state index in [0.29, 0.717) is 6.42 Å². The van der Waals surface area contributed by atoms with Crippen LogP contribution in [0, 0.1) is 0 Å². The monoisotopic (exact) mass is 184 g/mol. The molecule has 13 heavy (non-hydrogen) atoms. The molecule has 0 bridgehead atoms. The van der Waals surface area contributed by atoms with Gasteiger partial charge in [-0.3, -0.25) is 4.79 Å². The van der Waals surface area contributed by atoms with Gasteiger partial charge in [0.15, 0.2) is 0 Å². The van der Waals surface area contributed by atoms with E-state index in [-0.39, 0.29) is 5.91 Å². The molecule has 0 aliphatic carbocycles. The summed E-state index contributed by atoms with van der Waals surface area (Å²) in [6, 6.07) is 0. The second-order valence-electron chi connectivity index (χ2n) is 3.22. The smallest absolute Gasteiger partial charge is 0.223 e. The first-order valence-corrected chi connectivity index (χ1v) is 4.70. The molecule has 0 aliphatic heterocycles. The molecule has 0 unspecified atom stereocenters. The van der Waals surface area contributed by atoms with Crippen LogP contribution < -0.4 is 5.32 Å². The van der Waals surface area contributed by atoms with E-state index in [9.17, 15) is 4.79 Å². The van der Waals surface area contributed by atoms with E-state index in [0.717, 1.165) is 25.9 Å². The number of nitrogens with zero attached hydrogens (tertiary/aromatic N) is 1. The maximum atomic E-state index is 11.1. The maximum Gasteiger partial charge on any atom is 0.223 e. The Bertz CT molecular complexity index is 155. The van der Waals surface area contributed by atoms with Gasteiger partial charge in [0.05, 0.1) is 0 Å². The number of amides is 1. The highest BCUT2D eigenvalue weighted by atomic mass is 16.2. The summed E-state index contributed by atoms with van der Waals surface area (Å²) < 4.78 is 0. The molecule has 0 saturated heterocycles. The lowest BCUT2D eigenvalue weighted by molar-refractivity contribution is -0.128. The summed E-state index contributed by atoms with van der Waals surface area (Å²) >= 11 is 0. The molecule has 0 spiro atoms. The Morgan fingerprint density at radius 1 is 1.46 bits per heavy atom. The topological polar surface area (TPSA) is 32.3 Å². The minimum Gasteiger partial charge on any atom is -0.349 e. The van der Waals surface area contributed by atoms with Gasteiger partial charge in [-0.05, 0) is 19.4 Å². The first kappa shape index (κ1) is 12.2. The molecule has 0 fully saturated rings. The third-order valence-corrected chi connectivity index (χ3v) is 1.78. The minimum atomic E-state index is 0.177. The summed E-state index contributed by atoms with van der Waals surface area (Å²) in [6.45, 7) is 5.38. The SMILES string of the molecule is C=CCCCNCCC(=O)N(C)C. The van der Waals surface area contributed by atoms with Crippen LogP contribution in [0.15, 0.2) is 12.7 Å². The maximum absolute atomic E-state index is 11.1. The summed E-state index contributed by atoms with van der Waals surface area (Å²) in [4.78, 5) is 12.7. The molecule has 76 valence electrons. The molecule has 3 heteroatoms. The van der Waals surface area contributed by atoms with Gasteiger partial charge in [0.25, 0.3) is 0 Å². The first-order valence-electron chi connectivity index (χ1n) is 4.70. The van der Waals surface area contributed by atoms with Crippen molar-refractivity contribution in [1.82, 2.24) is 10.2 Å². The largest absolute Gasteiger partial charge is 0.349 e. The molecule has 3 nitrogen and oxygen atoms in total. The van der Waals surface area contributed by atoms with Crippen molar-refractivity contribution in [3.63, 3.8) is 0 Å². The van der Waals surface area contributed by atoms with Crippen LogP contribution in [0.5, 0.6) is 0 Å². The van der Waals surface area contributed by atoms with Crippen LogP contribution >= 0.6 is 0 Å². The second-order valence-corrected chi connectivity index (χ2v) is 3.22.